The van der Waals surface area contributed by atoms with Crippen molar-refractivity contribution in [2.45, 2.75) is 380 Å². The Bertz CT molecular complexity index is 1190. The Morgan fingerprint density at radius 2 is 0.486 bits per heavy atom. The van der Waals surface area contributed by atoms with E-state index in [0.717, 1.165) is 64.2 Å². The second-order valence-corrected chi connectivity index (χ2v) is 22.7. The minimum Gasteiger partial charge on any atom is -0.462 e. The molecule has 0 aliphatic carbocycles. The highest BCUT2D eigenvalue weighted by Gasteiger charge is 2.19. The van der Waals surface area contributed by atoms with Gasteiger partial charge in [0.15, 0.2) is 6.10 Å². The highest BCUT2D eigenvalue weighted by Crippen LogP contribution is 2.18. The van der Waals surface area contributed by atoms with Crippen molar-refractivity contribution in [2.24, 2.45) is 0 Å². The maximum atomic E-state index is 12.9. The van der Waals surface area contributed by atoms with E-state index in [9.17, 15) is 14.4 Å². The zero-order valence-electron chi connectivity index (χ0n) is 50.1. The van der Waals surface area contributed by atoms with Gasteiger partial charge in [0.05, 0.1) is 0 Å². The first-order valence-electron chi connectivity index (χ1n) is 33.3. The number of ether oxygens (including phenoxy) is 3. The summed E-state index contributed by atoms with van der Waals surface area (Å²) in [6, 6.07) is 0. The van der Waals surface area contributed by atoms with Crippen LogP contribution >= 0.6 is 0 Å². The number of rotatable bonds is 62. The molecular weight excluding hydrogens is 913 g/mol. The third kappa shape index (κ3) is 60.8. The van der Waals surface area contributed by atoms with Crippen LogP contribution in [0.1, 0.15) is 374 Å². The highest BCUT2D eigenvalue weighted by atomic mass is 16.6. The van der Waals surface area contributed by atoms with Crippen LogP contribution in [-0.4, -0.2) is 37.2 Å². The van der Waals surface area contributed by atoms with Crippen LogP contribution in [0, 0.1) is 0 Å². The fourth-order valence-electron chi connectivity index (χ4n) is 10.2. The Labute approximate surface area is 462 Å². The summed E-state index contributed by atoms with van der Waals surface area (Å²) < 4.78 is 17.0. The molecule has 0 aromatic heterocycles. The van der Waals surface area contributed by atoms with Crippen molar-refractivity contribution < 1.29 is 28.6 Å². The highest BCUT2D eigenvalue weighted by molar-refractivity contribution is 5.71. The lowest BCUT2D eigenvalue weighted by molar-refractivity contribution is -0.167. The first kappa shape index (κ1) is 71.9. The maximum absolute atomic E-state index is 12.9. The monoisotopic (exact) mass is 1040 g/mol. The van der Waals surface area contributed by atoms with Crippen molar-refractivity contribution >= 4 is 17.9 Å². The first-order valence-corrected chi connectivity index (χ1v) is 33.3. The lowest BCUT2D eigenvalue weighted by Gasteiger charge is -2.18. The van der Waals surface area contributed by atoms with E-state index in [0.29, 0.717) is 19.3 Å². The summed E-state index contributed by atoms with van der Waals surface area (Å²) in [4.78, 5) is 38.4. The van der Waals surface area contributed by atoms with Gasteiger partial charge in [0.1, 0.15) is 13.2 Å². The number of hydrogen-bond acceptors (Lipinski definition) is 6. The van der Waals surface area contributed by atoms with Crippen LogP contribution in [0.15, 0.2) is 24.3 Å². The number of carbonyl (C=O) groups excluding carboxylic acids is 3. The van der Waals surface area contributed by atoms with E-state index in [2.05, 4.69) is 45.1 Å². The van der Waals surface area contributed by atoms with Crippen LogP contribution in [0.25, 0.3) is 0 Å². The largest absolute Gasteiger partial charge is 0.462 e. The standard InChI is InChI=1S/C68H128O6/c1-4-7-10-13-16-19-22-25-28-30-32-33-34-35-36-38-40-43-46-49-52-55-58-61-67(70)73-64-65(63-72-66(69)60-57-54-51-48-45-42-39-27-24-21-18-15-12-9-6-3)74-68(71)62-59-56-53-50-47-44-41-37-31-29-26-23-20-17-14-11-8-5-2/h22,25,30,32,65H,4-21,23-24,26-29,31,33-64H2,1-3H3/b25-22-,32-30-. The van der Waals surface area contributed by atoms with Gasteiger partial charge in [0.2, 0.25) is 0 Å². The van der Waals surface area contributed by atoms with E-state index in [4.69, 9.17) is 14.2 Å². The molecule has 0 aliphatic heterocycles. The molecule has 0 radical (unpaired) electrons. The Balaban J connectivity index is 4.28. The summed E-state index contributed by atoms with van der Waals surface area (Å²) in [6.45, 7) is 6.71. The molecule has 1 atom stereocenters. The van der Waals surface area contributed by atoms with Gasteiger partial charge in [-0.1, -0.05) is 328 Å². The van der Waals surface area contributed by atoms with E-state index >= 15 is 0 Å². The zero-order valence-corrected chi connectivity index (χ0v) is 50.1. The van der Waals surface area contributed by atoms with E-state index in [1.54, 1.807) is 0 Å². The first-order chi connectivity index (χ1) is 36.5. The molecule has 0 bridgehead atoms. The lowest BCUT2D eigenvalue weighted by atomic mass is 10.0. The number of esters is 3. The summed E-state index contributed by atoms with van der Waals surface area (Å²) in [5.74, 6) is -0.836. The molecule has 0 rings (SSSR count). The molecule has 0 heterocycles. The molecular formula is C68H128O6. The molecule has 0 aliphatic rings. The van der Waals surface area contributed by atoms with Crippen LogP contribution in [0.5, 0.6) is 0 Å². The van der Waals surface area contributed by atoms with Crippen molar-refractivity contribution in [3.8, 4) is 0 Å². The lowest BCUT2D eigenvalue weighted by Crippen LogP contribution is -2.30. The van der Waals surface area contributed by atoms with Gasteiger partial charge in [-0.2, -0.15) is 0 Å². The van der Waals surface area contributed by atoms with Crippen LogP contribution in [-0.2, 0) is 28.6 Å². The molecule has 0 N–H and O–H groups in total. The molecule has 0 amide bonds. The third-order valence-electron chi connectivity index (χ3n) is 15.2. The normalized spacial score (nSPS) is 12.1. The molecule has 74 heavy (non-hydrogen) atoms. The second kappa shape index (κ2) is 63.4. The van der Waals surface area contributed by atoms with Crippen molar-refractivity contribution in [1.82, 2.24) is 0 Å². The van der Waals surface area contributed by atoms with Gasteiger partial charge in [-0.25, -0.2) is 0 Å². The number of carbonyl (C=O) groups is 3. The summed E-state index contributed by atoms with van der Waals surface area (Å²) in [6.07, 6.45) is 76.1. The molecule has 0 saturated heterocycles. The average Bonchev–Trinajstić information content (AvgIpc) is 3.40. The minimum absolute atomic E-state index is 0.0650. The van der Waals surface area contributed by atoms with E-state index in [-0.39, 0.29) is 31.1 Å². The number of unbranched alkanes of at least 4 members (excludes halogenated alkanes) is 47. The smallest absolute Gasteiger partial charge is 0.306 e. The van der Waals surface area contributed by atoms with Gasteiger partial charge in [0.25, 0.3) is 0 Å². The Hall–Kier alpha value is -2.11. The Morgan fingerprint density at radius 1 is 0.270 bits per heavy atom. The van der Waals surface area contributed by atoms with E-state index < -0.39 is 6.10 Å². The predicted molar refractivity (Wildman–Crippen MR) is 321 cm³/mol. The molecule has 0 aromatic carbocycles. The van der Waals surface area contributed by atoms with Gasteiger partial charge < -0.3 is 14.2 Å². The molecule has 436 valence electrons. The molecule has 0 spiro atoms. The van der Waals surface area contributed by atoms with E-state index in [1.807, 2.05) is 0 Å². The maximum Gasteiger partial charge on any atom is 0.306 e. The number of hydrogen-bond donors (Lipinski definition) is 0. The van der Waals surface area contributed by atoms with Gasteiger partial charge in [-0.15, -0.1) is 0 Å². The van der Waals surface area contributed by atoms with Gasteiger partial charge in [-0.05, 0) is 51.4 Å². The summed E-state index contributed by atoms with van der Waals surface area (Å²) in [7, 11) is 0. The zero-order chi connectivity index (χ0) is 53.6. The van der Waals surface area contributed by atoms with Crippen molar-refractivity contribution in [3.63, 3.8) is 0 Å². The van der Waals surface area contributed by atoms with Gasteiger partial charge in [-0.3, -0.25) is 14.4 Å². The molecule has 6 nitrogen and oxygen atoms in total. The summed E-state index contributed by atoms with van der Waals surface area (Å²) >= 11 is 0. The fraction of sp³-hybridized carbons (Fsp3) is 0.897. The molecule has 0 aromatic rings. The number of allylic oxidation sites excluding steroid dienone is 4. The van der Waals surface area contributed by atoms with Crippen molar-refractivity contribution in [2.75, 3.05) is 13.2 Å². The molecule has 0 saturated carbocycles. The van der Waals surface area contributed by atoms with Crippen LogP contribution in [0.3, 0.4) is 0 Å². The van der Waals surface area contributed by atoms with E-state index in [1.165, 1.54) is 270 Å². The Morgan fingerprint density at radius 3 is 0.743 bits per heavy atom. The summed E-state index contributed by atoms with van der Waals surface area (Å²) in [5, 5.41) is 0. The molecule has 0 fully saturated rings. The minimum atomic E-state index is -0.768. The second-order valence-electron chi connectivity index (χ2n) is 22.7. The Kier molecular flexibility index (Phi) is 61.6. The van der Waals surface area contributed by atoms with Gasteiger partial charge in [0, 0.05) is 19.3 Å². The van der Waals surface area contributed by atoms with Crippen molar-refractivity contribution in [1.29, 1.82) is 0 Å². The summed E-state index contributed by atoms with van der Waals surface area (Å²) in [5.41, 5.74) is 0. The average molecular weight is 1040 g/mol. The van der Waals surface area contributed by atoms with Gasteiger partial charge >= 0.3 is 17.9 Å². The van der Waals surface area contributed by atoms with Crippen molar-refractivity contribution in [3.05, 3.63) is 24.3 Å². The fourth-order valence-corrected chi connectivity index (χ4v) is 10.2. The molecule has 1 unspecified atom stereocenters. The van der Waals surface area contributed by atoms with Crippen LogP contribution in [0.2, 0.25) is 0 Å². The predicted octanol–water partition coefficient (Wildman–Crippen LogP) is 22.6. The SMILES string of the molecule is CCCCCCC/C=C\C/C=C\CCCCCCCCCCCCCC(=O)OCC(COC(=O)CCCCCCCCCCCCCCCCC)OC(=O)CCCCCCCCCCCCCCCCCCCC. The molecule has 6 heteroatoms. The van der Waals surface area contributed by atoms with Crippen LogP contribution < -0.4 is 0 Å². The van der Waals surface area contributed by atoms with Crippen LogP contribution in [0.4, 0.5) is 0 Å². The topological polar surface area (TPSA) is 78.9 Å². The quantitative estimate of drug-likeness (QED) is 0.0261. The third-order valence-corrected chi connectivity index (χ3v) is 15.2.